The second-order valence-corrected chi connectivity index (χ2v) is 4.49. The number of benzene rings is 1. The van der Waals surface area contributed by atoms with Gasteiger partial charge in [0, 0.05) is 12.1 Å². The van der Waals surface area contributed by atoms with Crippen molar-refractivity contribution in [3.05, 3.63) is 35.7 Å². The normalized spacial score (nSPS) is 10.5. The molecule has 2 rings (SSSR count). The minimum absolute atomic E-state index is 0.172. The van der Waals surface area contributed by atoms with Gasteiger partial charge < -0.3 is 4.74 Å². The SMILES string of the molecule is CCCCCn1nnnc1C(=O)c1ccc(OC)cc1. The number of nitrogens with zero attached hydrogens (tertiary/aromatic N) is 4. The first-order valence-electron chi connectivity index (χ1n) is 6.71. The zero-order chi connectivity index (χ0) is 14.4. The molecule has 1 heterocycles. The summed E-state index contributed by atoms with van der Waals surface area (Å²) in [5.41, 5.74) is 0.553. The van der Waals surface area contributed by atoms with Gasteiger partial charge in [0.2, 0.25) is 11.6 Å². The summed E-state index contributed by atoms with van der Waals surface area (Å²) in [5, 5.41) is 11.3. The van der Waals surface area contributed by atoms with E-state index >= 15 is 0 Å². The summed E-state index contributed by atoms with van der Waals surface area (Å²) in [5.74, 6) is 0.824. The van der Waals surface area contributed by atoms with Crippen LogP contribution in [-0.4, -0.2) is 33.1 Å². The Morgan fingerprint density at radius 3 is 2.65 bits per heavy atom. The first kappa shape index (κ1) is 14.2. The smallest absolute Gasteiger partial charge is 0.231 e. The van der Waals surface area contributed by atoms with E-state index < -0.39 is 0 Å². The average Bonchev–Trinajstić information content (AvgIpc) is 2.95. The van der Waals surface area contributed by atoms with E-state index in [1.807, 2.05) is 0 Å². The van der Waals surface area contributed by atoms with Crippen LogP contribution in [0.15, 0.2) is 24.3 Å². The molecule has 1 aromatic carbocycles. The van der Waals surface area contributed by atoms with Gasteiger partial charge >= 0.3 is 0 Å². The molecule has 20 heavy (non-hydrogen) atoms. The lowest BCUT2D eigenvalue weighted by molar-refractivity contribution is 0.102. The van der Waals surface area contributed by atoms with Gasteiger partial charge in [0.1, 0.15) is 5.75 Å². The Kier molecular flexibility index (Phi) is 4.81. The fraction of sp³-hybridized carbons (Fsp3) is 0.429. The van der Waals surface area contributed by atoms with Crippen LogP contribution in [0, 0.1) is 0 Å². The van der Waals surface area contributed by atoms with Gasteiger partial charge in [-0.3, -0.25) is 4.79 Å². The Morgan fingerprint density at radius 2 is 2.00 bits per heavy atom. The van der Waals surface area contributed by atoms with E-state index in [0.717, 1.165) is 19.3 Å². The molecule has 0 spiro atoms. The van der Waals surface area contributed by atoms with Crippen molar-refractivity contribution < 1.29 is 9.53 Å². The summed E-state index contributed by atoms with van der Waals surface area (Å²) < 4.78 is 6.64. The van der Waals surface area contributed by atoms with Crippen LogP contribution in [0.1, 0.15) is 42.4 Å². The van der Waals surface area contributed by atoms with Gasteiger partial charge in [0.15, 0.2) is 0 Å². The summed E-state index contributed by atoms with van der Waals surface area (Å²) in [4.78, 5) is 12.4. The number of aromatic nitrogens is 4. The Hall–Kier alpha value is -2.24. The molecule has 0 atom stereocenters. The van der Waals surface area contributed by atoms with Crippen LogP contribution in [-0.2, 0) is 6.54 Å². The number of ether oxygens (including phenoxy) is 1. The maximum Gasteiger partial charge on any atom is 0.231 e. The molecule has 106 valence electrons. The first-order chi connectivity index (χ1) is 9.76. The van der Waals surface area contributed by atoms with E-state index in [2.05, 4.69) is 22.4 Å². The minimum atomic E-state index is -0.172. The molecule has 0 amide bonds. The molecule has 0 unspecified atom stereocenters. The monoisotopic (exact) mass is 274 g/mol. The molecule has 0 radical (unpaired) electrons. The quantitative estimate of drug-likeness (QED) is 0.571. The van der Waals surface area contributed by atoms with Gasteiger partial charge in [-0.25, -0.2) is 4.68 Å². The van der Waals surface area contributed by atoms with Crippen molar-refractivity contribution in [1.82, 2.24) is 20.2 Å². The fourth-order valence-electron chi connectivity index (χ4n) is 1.90. The van der Waals surface area contributed by atoms with Gasteiger partial charge in [0.25, 0.3) is 0 Å². The van der Waals surface area contributed by atoms with Crippen molar-refractivity contribution in [2.24, 2.45) is 0 Å². The molecule has 0 aliphatic carbocycles. The van der Waals surface area contributed by atoms with Crippen LogP contribution in [0.2, 0.25) is 0 Å². The molecule has 0 fully saturated rings. The van der Waals surface area contributed by atoms with Crippen molar-refractivity contribution >= 4 is 5.78 Å². The molecule has 2 aromatic rings. The van der Waals surface area contributed by atoms with Crippen LogP contribution in [0.5, 0.6) is 5.75 Å². The zero-order valence-corrected chi connectivity index (χ0v) is 11.7. The van der Waals surface area contributed by atoms with Crippen LogP contribution >= 0.6 is 0 Å². The predicted molar refractivity (Wildman–Crippen MR) is 73.8 cm³/mol. The molecule has 6 heteroatoms. The number of aryl methyl sites for hydroxylation is 1. The predicted octanol–water partition coefficient (Wildman–Crippen LogP) is 2.10. The van der Waals surface area contributed by atoms with E-state index in [-0.39, 0.29) is 11.6 Å². The molecular weight excluding hydrogens is 256 g/mol. The van der Waals surface area contributed by atoms with Gasteiger partial charge in [-0.2, -0.15) is 0 Å². The highest BCUT2D eigenvalue weighted by atomic mass is 16.5. The Balaban J connectivity index is 2.13. The first-order valence-corrected chi connectivity index (χ1v) is 6.71. The molecule has 0 aliphatic rings. The van der Waals surface area contributed by atoms with Gasteiger partial charge in [0.05, 0.1) is 7.11 Å². The van der Waals surface area contributed by atoms with Gasteiger partial charge in [-0.05, 0) is 41.1 Å². The molecule has 0 N–H and O–H groups in total. The Labute approximate surface area is 117 Å². The van der Waals surface area contributed by atoms with E-state index in [1.54, 1.807) is 36.1 Å². The van der Waals surface area contributed by atoms with Crippen molar-refractivity contribution in [2.75, 3.05) is 7.11 Å². The van der Waals surface area contributed by atoms with E-state index in [0.29, 0.717) is 17.9 Å². The summed E-state index contributed by atoms with van der Waals surface area (Å²) in [6, 6.07) is 6.93. The summed E-state index contributed by atoms with van der Waals surface area (Å²) in [6.45, 7) is 2.79. The summed E-state index contributed by atoms with van der Waals surface area (Å²) in [7, 11) is 1.59. The van der Waals surface area contributed by atoms with Crippen LogP contribution in [0.3, 0.4) is 0 Å². The average molecular weight is 274 g/mol. The number of methoxy groups -OCH3 is 1. The van der Waals surface area contributed by atoms with Crippen molar-refractivity contribution in [3.8, 4) is 5.75 Å². The number of hydrogen-bond donors (Lipinski definition) is 0. The molecular formula is C14H18N4O2. The second-order valence-electron chi connectivity index (χ2n) is 4.49. The highest BCUT2D eigenvalue weighted by Crippen LogP contribution is 2.14. The maximum atomic E-state index is 12.4. The summed E-state index contributed by atoms with van der Waals surface area (Å²) >= 11 is 0. The second kappa shape index (κ2) is 6.79. The van der Waals surface area contributed by atoms with E-state index in [9.17, 15) is 4.79 Å². The zero-order valence-electron chi connectivity index (χ0n) is 11.7. The third-order valence-corrected chi connectivity index (χ3v) is 3.06. The molecule has 6 nitrogen and oxygen atoms in total. The minimum Gasteiger partial charge on any atom is -0.497 e. The van der Waals surface area contributed by atoms with Crippen molar-refractivity contribution in [3.63, 3.8) is 0 Å². The Morgan fingerprint density at radius 1 is 1.25 bits per heavy atom. The number of carbonyl (C=O) groups excluding carboxylic acids is 1. The number of tetrazole rings is 1. The number of hydrogen-bond acceptors (Lipinski definition) is 5. The third-order valence-electron chi connectivity index (χ3n) is 3.06. The lowest BCUT2D eigenvalue weighted by Crippen LogP contribution is -2.13. The van der Waals surface area contributed by atoms with Crippen molar-refractivity contribution in [1.29, 1.82) is 0 Å². The summed E-state index contributed by atoms with van der Waals surface area (Å²) in [6.07, 6.45) is 3.17. The lowest BCUT2D eigenvalue weighted by atomic mass is 10.1. The highest BCUT2D eigenvalue weighted by Gasteiger charge is 2.17. The molecule has 0 saturated heterocycles. The van der Waals surface area contributed by atoms with Gasteiger partial charge in [-0.15, -0.1) is 5.10 Å². The van der Waals surface area contributed by atoms with E-state index in [4.69, 9.17) is 4.74 Å². The maximum absolute atomic E-state index is 12.4. The molecule has 1 aromatic heterocycles. The van der Waals surface area contributed by atoms with E-state index in [1.165, 1.54) is 0 Å². The van der Waals surface area contributed by atoms with Crippen molar-refractivity contribution in [2.45, 2.75) is 32.7 Å². The standard InChI is InChI=1S/C14H18N4O2/c1-3-4-5-10-18-14(15-16-17-18)13(19)11-6-8-12(20-2)9-7-11/h6-9H,3-5,10H2,1-2H3. The number of unbranched alkanes of at least 4 members (excludes halogenated alkanes) is 2. The molecule has 0 aliphatic heterocycles. The number of ketones is 1. The largest absolute Gasteiger partial charge is 0.497 e. The number of carbonyl (C=O) groups is 1. The fourth-order valence-corrected chi connectivity index (χ4v) is 1.90. The number of rotatable bonds is 7. The van der Waals surface area contributed by atoms with Crippen LogP contribution in [0.25, 0.3) is 0 Å². The molecule has 0 bridgehead atoms. The molecule has 0 saturated carbocycles. The third kappa shape index (κ3) is 3.20. The lowest BCUT2D eigenvalue weighted by Gasteiger charge is -2.04. The van der Waals surface area contributed by atoms with Crippen LogP contribution in [0.4, 0.5) is 0 Å². The topological polar surface area (TPSA) is 69.9 Å². The van der Waals surface area contributed by atoms with Crippen LogP contribution < -0.4 is 4.74 Å². The Bertz CT molecular complexity index is 563. The highest BCUT2D eigenvalue weighted by molar-refractivity contribution is 6.06. The van der Waals surface area contributed by atoms with Gasteiger partial charge in [-0.1, -0.05) is 19.8 Å².